The maximum absolute atomic E-state index is 12.3. The minimum atomic E-state index is -0.245. The van der Waals surface area contributed by atoms with Crippen LogP contribution in [-0.4, -0.2) is 16.1 Å². The second-order valence-corrected chi connectivity index (χ2v) is 6.23. The smallest absolute Gasteiger partial charge is 0.257 e. The molecule has 0 aliphatic carbocycles. The third-order valence-corrected chi connectivity index (χ3v) is 4.68. The van der Waals surface area contributed by atoms with Crippen LogP contribution in [0.5, 0.6) is 0 Å². The zero-order chi connectivity index (χ0) is 16.4. The minimum Gasteiger partial charge on any atom is -0.322 e. The molecule has 1 heterocycles. The Balaban J connectivity index is 1.88. The van der Waals surface area contributed by atoms with E-state index in [0.29, 0.717) is 16.3 Å². The van der Waals surface area contributed by atoms with Crippen molar-refractivity contribution in [3.05, 3.63) is 69.3 Å². The number of hydrogen-bond donors (Lipinski definition) is 2. The van der Waals surface area contributed by atoms with Gasteiger partial charge in [0.05, 0.1) is 15.1 Å². The fourth-order valence-electron chi connectivity index (χ4n) is 2.19. The van der Waals surface area contributed by atoms with Crippen LogP contribution < -0.4 is 5.32 Å². The fourth-order valence-corrected chi connectivity index (χ4v) is 2.82. The van der Waals surface area contributed by atoms with Crippen LogP contribution in [0.1, 0.15) is 16.1 Å². The van der Waals surface area contributed by atoms with Gasteiger partial charge in [-0.05, 0) is 47.1 Å². The van der Waals surface area contributed by atoms with E-state index in [1.165, 1.54) is 0 Å². The van der Waals surface area contributed by atoms with Gasteiger partial charge in [-0.1, -0.05) is 35.9 Å². The number of H-pyrrole nitrogens is 1. The lowest BCUT2D eigenvalue weighted by Crippen LogP contribution is -2.12. The van der Waals surface area contributed by atoms with Gasteiger partial charge in [-0.3, -0.25) is 9.89 Å². The molecule has 2 N–H and O–H groups in total. The third kappa shape index (κ3) is 3.30. The molecule has 6 heteroatoms. The molecule has 0 atom stereocenters. The number of hydrogen-bond acceptors (Lipinski definition) is 2. The van der Waals surface area contributed by atoms with E-state index in [2.05, 4.69) is 31.4 Å². The number of amides is 1. The lowest BCUT2D eigenvalue weighted by Gasteiger charge is -2.08. The van der Waals surface area contributed by atoms with Crippen LogP contribution in [0.2, 0.25) is 5.02 Å². The summed E-state index contributed by atoms with van der Waals surface area (Å²) in [6.07, 6.45) is 0. The number of rotatable bonds is 3. The van der Waals surface area contributed by atoms with E-state index < -0.39 is 0 Å². The Morgan fingerprint density at radius 3 is 2.70 bits per heavy atom. The molecule has 0 spiro atoms. The first-order valence-corrected chi connectivity index (χ1v) is 8.10. The molecule has 116 valence electrons. The SMILES string of the molecule is Cc1[nH]nc(-c2cccc(NC(=O)c3ccccc3Cl)c2)c1Br. The van der Waals surface area contributed by atoms with Gasteiger partial charge >= 0.3 is 0 Å². The Morgan fingerprint density at radius 1 is 1.22 bits per heavy atom. The summed E-state index contributed by atoms with van der Waals surface area (Å²) in [7, 11) is 0. The van der Waals surface area contributed by atoms with E-state index in [1.54, 1.807) is 24.3 Å². The molecule has 0 radical (unpaired) electrons. The van der Waals surface area contributed by atoms with Crippen molar-refractivity contribution in [2.75, 3.05) is 5.32 Å². The maximum atomic E-state index is 12.3. The van der Waals surface area contributed by atoms with E-state index in [4.69, 9.17) is 11.6 Å². The topological polar surface area (TPSA) is 57.8 Å². The van der Waals surface area contributed by atoms with Crippen molar-refractivity contribution in [2.24, 2.45) is 0 Å². The molecule has 0 saturated carbocycles. The molecule has 0 saturated heterocycles. The van der Waals surface area contributed by atoms with Gasteiger partial charge in [-0.2, -0.15) is 5.10 Å². The number of carbonyl (C=O) groups excluding carboxylic acids is 1. The molecule has 0 bridgehead atoms. The molecule has 0 aliphatic heterocycles. The Kier molecular flexibility index (Phi) is 4.50. The van der Waals surface area contributed by atoms with Crippen LogP contribution in [0.25, 0.3) is 11.3 Å². The lowest BCUT2D eigenvalue weighted by atomic mass is 10.1. The van der Waals surface area contributed by atoms with Crippen molar-refractivity contribution >= 4 is 39.1 Å². The average molecular weight is 391 g/mol. The van der Waals surface area contributed by atoms with E-state index in [1.807, 2.05) is 31.2 Å². The first-order chi connectivity index (χ1) is 11.1. The molecule has 3 rings (SSSR count). The number of anilines is 1. The van der Waals surface area contributed by atoms with Crippen molar-refractivity contribution in [3.8, 4) is 11.3 Å². The van der Waals surface area contributed by atoms with Gasteiger partial charge in [0.2, 0.25) is 0 Å². The monoisotopic (exact) mass is 389 g/mol. The van der Waals surface area contributed by atoms with Crippen molar-refractivity contribution in [3.63, 3.8) is 0 Å². The zero-order valence-corrected chi connectivity index (χ0v) is 14.6. The van der Waals surface area contributed by atoms with E-state index in [9.17, 15) is 4.79 Å². The molecular formula is C17H13BrClN3O. The van der Waals surface area contributed by atoms with Gasteiger partial charge in [0.15, 0.2) is 0 Å². The van der Waals surface area contributed by atoms with Crippen LogP contribution in [0, 0.1) is 6.92 Å². The van der Waals surface area contributed by atoms with Crippen molar-refractivity contribution < 1.29 is 4.79 Å². The van der Waals surface area contributed by atoms with Gasteiger partial charge < -0.3 is 5.32 Å². The Labute approximate surface area is 147 Å². The van der Waals surface area contributed by atoms with Crippen LogP contribution in [-0.2, 0) is 0 Å². The zero-order valence-electron chi connectivity index (χ0n) is 12.2. The molecule has 0 fully saturated rings. The van der Waals surface area contributed by atoms with Crippen LogP contribution in [0.15, 0.2) is 53.0 Å². The third-order valence-electron chi connectivity index (χ3n) is 3.38. The van der Waals surface area contributed by atoms with E-state index in [0.717, 1.165) is 21.4 Å². The second-order valence-electron chi connectivity index (χ2n) is 5.03. The highest BCUT2D eigenvalue weighted by atomic mass is 79.9. The highest BCUT2D eigenvalue weighted by Gasteiger charge is 2.12. The predicted molar refractivity (Wildman–Crippen MR) is 95.9 cm³/mol. The first kappa shape index (κ1) is 15.8. The predicted octanol–water partition coefficient (Wildman–Crippen LogP) is 5.05. The standard InChI is InChI=1S/C17H13BrClN3O/c1-10-15(18)16(22-21-10)11-5-4-6-12(9-11)20-17(23)13-7-2-3-8-14(13)19/h2-9H,1H3,(H,20,23)(H,21,22). The van der Waals surface area contributed by atoms with Gasteiger partial charge in [-0.25, -0.2) is 0 Å². The van der Waals surface area contributed by atoms with Crippen molar-refractivity contribution in [1.82, 2.24) is 10.2 Å². The lowest BCUT2D eigenvalue weighted by molar-refractivity contribution is 0.102. The fraction of sp³-hybridized carbons (Fsp3) is 0.0588. The van der Waals surface area contributed by atoms with Crippen LogP contribution in [0.3, 0.4) is 0 Å². The molecule has 0 unspecified atom stereocenters. The Hall–Kier alpha value is -2.11. The average Bonchev–Trinajstić information content (AvgIpc) is 2.87. The second kappa shape index (κ2) is 6.56. The summed E-state index contributed by atoms with van der Waals surface area (Å²) >= 11 is 9.56. The number of aromatic nitrogens is 2. The van der Waals surface area contributed by atoms with Crippen molar-refractivity contribution in [1.29, 1.82) is 0 Å². The van der Waals surface area contributed by atoms with Gasteiger partial charge in [0.25, 0.3) is 5.91 Å². The summed E-state index contributed by atoms with van der Waals surface area (Å²) < 4.78 is 0.909. The number of benzene rings is 2. The number of aryl methyl sites for hydroxylation is 1. The van der Waals surface area contributed by atoms with E-state index in [-0.39, 0.29) is 5.91 Å². The summed E-state index contributed by atoms with van der Waals surface area (Å²) in [5.41, 5.74) is 3.77. The maximum Gasteiger partial charge on any atom is 0.257 e. The van der Waals surface area contributed by atoms with Gasteiger partial charge in [0.1, 0.15) is 5.69 Å². The molecule has 4 nitrogen and oxygen atoms in total. The highest BCUT2D eigenvalue weighted by Crippen LogP contribution is 2.30. The summed E-state index contributed by atoms with van der Waals surface area (Å²) in [5, 5.41) is 10.5. The Morgan fingerprint density at radius 2 is 2.00 bits per heavy atom. The van der Waals surface area contributed by atoms with Crippen molar-refractivity contribution in [2.45, 2.75) is 6.92 Å². The molecule has 0 aliphatic rings. The molecule has 1 amide bonds. The minimum absolute atomic E-state index is 0.245. The summed E-state index contributed by atoms with van der Waals surface area (Å²) in [6, 6.07) is 14.4. The normalized spacial score (nSPS) is 10.6. The van der Waals surface area contributed by atoms with E-state index >= 15 is 0 Å². The number of nitrogens with one attached hydrogen (secondary N) is 2. The quantitative estimate of drug-likeness (QED) is 0.657. The van der Waals surface area contributed by atoms with Gasteiger partial charge in [0, 0.05) is 16.9 Å². The molecule has 3 aromatic rings. The highest BCUT2D eigenvalue weighted by molar-refractivity contribution is 9.10. The molecule has 23 heavy (non-hydrogen) atoms. The number of halogens is 2. The summed E-state index contributed by atoms with van der Waals surface area (Å²) in [5.74, 6) is -0.245. The molecule has 1 aromatic heterocycles. The Bertz CT molecular complexity index is 876. The summed E-state index contributed by atoms with van der Waals surface area (Å²) in [6.45, 7) is 1.93. The van der Waals surface area contributed by atoms with Gasteiger partial charge in [-0.15, -0.1) is 0 Å². The number of nitrogens with zero attached hydrogens (tertiary/aromatic N) is 1. The number of carbonyl (C=O) groups is 1. The first-order valence-electron chi connectivity index (χ1n) is 6.93. The van der Waals surface area contributed by atoms with Crippen LogP contribution >= 0.6 is 27.5 Å². The number of aromatic amines is 1. The molecule has 2 aromatic carbocycles. The molecular weight excluding hydrogens is 378 g/mol. The summed E-state index contributed by atoms with van der Waals surface area (Å²) in [4.78, 5) is 12.3. The van der Waals surface area contributed by atoms with Crippen LogP contribution in [0.4, 0.5) is 5.69 Å². The largest absolute Gasteiger partial charge is 0.322 e.